The Kier molecular flexibility index (Phi) is 3.88. The van der Waals surface area contributed by atoms with Gasteiger partial charge in [0.05, 0.1) is 6.20 Å². The van der Waals surface area contributed by atoms with Gasteiger partial charge in [0.15, 0.2) is 0 Å². The lowest BCUT2D eigenvalue weighted by Gasteiger charge is -2.12. The van der Waals surface area contributed by atoms with Gasteiger partial charge in [-0.15, -0.1) is 0 Å². The molecule has 8 nitrogen and oxygen atoms in total. The van der Waals surface area contributed by atoms with E-state index >= 15 is 0 Å². The lowest BCUT2D eigenvalue weighted by molar-refractivity contribution is 0.0656. The molecule has 1 atom stereocenters. The SMILES string of the molecule is Cc1c(C(C)NS(=O)(=O)c2ccc(C(=O)O)o2)cnn1C. The van der Waals surface area contributed by atoms with Crippen molar-refractivity contribution in [3.63, 3.8) is 0 Å². The van der Waals surface area contributed by atoms with E-state index in [2.05, 4.69) is 9.82 Å². The number of aromatic nitrogens is 2. The second-order valence-corrected chi connectivity index (χ2v) is 6.22. The van der Waals surface area contributed by atoms with Gasteiger partial charge in [0.25, 0.3) is 10.0 Å². The molecule has 114 valence electrons. The molecule has 2 N–H and O–H groups in total. The number of aryl methyl sites for hydroxylation is 1. The fourth-order valence-corrected chi connectivity index (χ4v) is 3.03. The molecule has 0 radical (unpaired) electrons. The summed E-state index contributed by atoms with van der Waals surface area (Å²) in [5.41, 5.74) is 1.56. The highest BCUT2D eigenvalue weighted by Gasteiger charge is 2.24. The van der Waals surface area contributed by atoms with Crippen LogP contribution >= 0.6 is 0 Å². The molecular weight excluding hydrogens is 298 g/mol. The molecule has 0 aliphatic heterocycles. The first kappa shape index (κ1) is 15.3. The third-order valence-electron chi connectivity index (χ3n) is 3.13. The van der Waals surface area contributed by atoms with Crippen LogP contribution in [-0.4, -0.2) is 29.3 Å². The minimum absolute atomic E-state index is 0.430. The summed E-state index contributed by atoms with van der Waals surface area (Å²) in [6, 6.07) is 1.67. The van der Waals surface area contributed by atoms with E-state index < -0.39 is 32.9 Å². The Labute approximate surface area is 121 Å². The number of carbonyl (C=O) groups is 1. The summed E-state index contributed by atoms with van der Waals surface area (Å²) in [5, 5.41) is 12.4. The number of nitrogens with one attached hydrogen (secondary N) is 1. The topological polar surface area (TPSA) is 114 Å². The van der Waals surface area contributed by atoms with Crippen molar-refractivity contribution < 1.29 is 22.7 Å². The lowest BCUT2D eigenvalue weighted by atomic mass is 10.1. The Balaban J connectivity index is 2.24. The Morgan fingerprint density at radius 1 is 1.48 bits per heavy atom. The molecule has 0 aliphatic carbocycles. The quantitative estimate of drug-likeness (QED) is 0.853. The normalized spacial score (nSPS) is 13.3. The summed E-state index contributed by atoms with van der Waals surface area (Å²) in [6.07, 6.45) is 1.58. The van der Waals surface area contributed by atoms with Crippen LogP contribution in [0.4, 0.5) is 0 Å². The Bertz CT molecular complexity index is 775. The molecule has 0 amide bonds. The zero-order valence-corrected chi connectivity index (χ0v) is 12.5. The summed E-state index contributed by atoms with van der Waals surface area (Å²) in [7, 11) is -2.19. The van der Waals surface area contributed by atoms with Crippen LogP contribution in [0.25, 0.3) is 0 Å². The number of carboxylic acids is 1. The maximum atomic E-state index is 12.1. The molecule has 0 spiro atoms. The molecule has 0 aliphatic rings. The van der Waals surface area contributed by atoms with Crippen molar-refractivity contribution in [2.75, 3.05) is 0 Å². The number of carboxylic acid groups (broad SMARTS) is 1. The van der Waals surface area contributed by atoms with Gasteiger partial charge in [-0.25, -0.2) is 17.9 Å². The maximum absolute atomic E-state index is 12.1. The highest BCUT2D eigenvalue weighted by Crippen LogP contribution is 2.20. The van der Waals surface area contributed by atoms with Crippen molar-refractivity contribution in [3.8, 4) is 0 Å². The van der Waals surface area contributed by atoms with Crippen molar-refractivity contribution in [1.82, 2.24) is 14.5 Å². The van der Waals surface area contributed by atoms with Crippen molar-refractivity contribution in [1.29, 1.82) is 0 Å². The minimum Gasteiger partial charge on any atom is -0.475 e. The average molecular weight is 313 g/mol. The molecule has 0 bridgehead atoms. The zero-order chi connectivity index (χ0) is 15.8. The summed E-state index contributed by atoms with van der Waals surface area (Å²) < 4.78 is 33.2. The van der Waals surface area contributed by atoms with Gasteiger partial charge >= 0.3 is 5.97 Å². The maximum Gasteiger partial charge on any atom is 0.371 e. The van der Waals surface area contributed by atoms with Crippen LogP contribution in [0.3, 0.4) is 0 Å². The molecule has 0 saturated carbocycles. The largest absolute Gasteiger partial charge is 0.475 e. The predicted octanol–water partition coefficient (Wildman–Crippen LogP) is 1.06. The second-order valence-electron chi connectivity index (χ2n) is 4.58. The Morgan fingerprint density at radius 3 is 2.62 bits per heavy atom. The average Bonchev–Trinajstić information content (AvgIpc) is 2.98. The zero-order valence-electron chi connectivity index (χ0n) is 11.7. The van der Waals surface area contributed by atoms with Gasteiger partial charge in [0.2, 0.25) is 10.9 Å². The highest BCUT2D eigenvalue weighted by atomic mass is 32.2. The lowest BCUT2D eigenvalue weighted by Crippen LogP contribution is -2.26. The fourth-order valence-electron chi connectivity index (χ4n) is 1.87. The van der Waals surface area contributed by atoms with Crippen molar-refractivity contribution in [2.24, 2.45) is 7.05 Å². The van der Waals surface area contributed by atoms with E-state index in [0.717, 1.165) is 23.4 Å². The molecule has 2 rings (SSSR count). The summed E-state index contributed by atoms with van der Waals surface area (Å²) in [5.74, 6) is -1.76. The molecule has 21 heavy (non-hydrogen) atoms. The van der Waals surface area contributed by atoms with E-state index in [1.54, 1.807) is 24.9 Å². The van der Waals surface area contributed by atoms with E-state index in [1.165, 1.54) is 0 Å². The molecule has 2 aromatic rings. The third-order valence-corrected chi connectivity index (χ3v) is 4.54. The van der Waals surface area contributed by atoms with Crippen LogP contribution in [0.1, 0.15) is 34.8 Å². The van der Waals surface area contributed by atoms with Crippen molar-refractivity contribution >= 4 is 16.0 Å². The van der Waals surface area contributed by atoms with Crippen LogP contribution in [0.5, 0.6) is 0 Å². The smallest absolute Gasteiger partial charge is 0.371 e. The minimum atomic E-state index is -3.94. The van der Waals surface area contributed by atoms with Gasteiger partial charge < -0.3 is 9.52 Å². The van der Waals surface area contributed by atoms with E-state index in [1.807, 2.05) is 6.92 Å². The number of hydrogen-bond acceptors (Lipinski definition) is 5. The molecule has 0 aromatic carbocycles. The highest BCUT2D eigenvalue weighted by molar-refractivity contribution is 7.89. The van der Waals surface area contributed by atoms with Gasteiger partial charge in [-0.3, -0.25) is 4.68 Å². The van der Waals surface area contributed by atoms with E-state index in [-0.39, 0.29) is 0 Å². The fraction of sp³-hybridized carbons (Fsp3) is 0.333. The molecular formula is C12H15N3O5S. The van der Waals surface area contributed by atoms with Crippen molar-refractivity contribution in [3.05, 3.63) is 35.3 Å². The van der Waals surface area contributed by atoms with Crippen LogP contribution in [0.2, 0.25) is 0 Å². The molecule has 9 heteroatoms. The Hall–Kier alpha value is -2.13. The first-order chi connectivity index (χ1) is 9.72. The van der Waals surface area contributed by atoms with Crippen LogP contribution < -0.4 is 4.72 Å². The molecule has 0 saturated heterocycles. The second kappa shape index (κ2) is 5.34. The standard InChI is InChI=1S/C12H15N3O5S/c1-7(9-6-13-15(3)8(9)2)14-21(18,19)11-5-4-10(20-11)12(16)17/h4-7,14H,1-3H3,(H,16,17). The van der Waals surface area contributed by atoms with E-state index in [9.17, 15) is 13.2 Å². The number of furan rings is 1. The van der Waals surface area contributed by atoms with E-state index in [4.69, 9.17) is 9.52 Å². The number of hydrogen-bond donors (Lipinski definition) is 2. The summed E-state index contributed by atoms with van der Waals surface area (Å²) in [4.78, 5) is 10.7. The molecule has 1 unspecified atom stereocenters. The van der Waals surface area contributed by atoms with Crippen LogP contribution in [-0.2, 0) is 17.1 Å². The number of aromatic carboxylic acids is 1. The molecule has 2 aromatic heterocycles. The van der Waals surface area contributed by atoms with Crippen LogP contribution in [0.15, 0.2) is 27.8 Å². The van der Waals surface area contributed by atoms with E-state index in [0.29, 0.717) is 0 Å². The summed E-state index contributed by atoms with van der Waals surface area (Å²) in [6.45, 7) is 3.49. The van der Waals surface area contributed by atoms with Gasteiger partial charge in [-0.05, 0) is 26.0 Å². The third kappa shape index (κ3) is 2.98. The number of rotatable bonds is 5. The molecule has 2 heterocycles. The molecule has 0 fully saturated rings. The Morgan fingerprint density at radius 2 is 2.14 bits per heavy atom. The van der Waals surface area contributed by atoms with Gasteiger partial charge in [-0.2, -0.15) is 5.10 Å². The van der Waals surface area contributed by atoms with Gasteiger partial charge in [0, 0.05) is 24.3 Å². The first-order valence-corrected chi connectivity index (χ1v) is 7.54. The number of sulfonamides is 1. The monoisotopic (exact) mass is 313 g/mol. The van der Waals surface area contributed by atoms with Crippen molar-refractivity contribution in [2.45, 2.75) is 25.0 Å². The first-order valence-electron chi connectivity index (χ1n) is 6.06. The predicted molar refractivity (Wildman–Crippen MR) is 72.3 cm³/mol. The van der Waals surface area contributed by atoms with Crippen LogP contribution in [0, 0.1) is 6.92 Å². The number of nitrogens with zero attached hydrogens (tertiary/aromatic N) is 2. The van der Waals surface area contributed by atoms with Gasteiger partial charge in [-0.1, -0.05) is 0 Å². The summed E-state index contributed by atoms with van der Waals surface area (Å²) >= 11 is 0. The van der Waals surface area contributed by atoms with Gasteiger partial charge in [0.1, 0.15) is 0 Å².